The Bertz CT molecular complexity index is 853. The summed E-state index contributed by atoms with van der Waals surface area (Å²) >= 11 is 0. The van der Waals surface area contributed by atoms with Crippen LogP contribution in [0.1, 0.15) is 27.5 Å². The Morgan fingerprint density at radius 1 is 1.18 bits per heavy atom. The van der Waals surface area contributed by atoms with E-state index in [-0.39, 0.29) is 18.3 Å². The van der Waals surface area contributed by atoms with E-state index in [0.29, 0.717) is 35.8 Å². The number of phenolic OH excluding ortho intramolecular Hbond substituents is 1. The lowest BCUT2D eigenvalue weighted by Gasteiger charge is -2.41. The summed E-state index contributed by atoms with van der Waals surface area (Å²) in [5.41, 5.74) is 1.96. The van der Waals surface area contributed by atoms with Crippen LogP contribution in [0.4, 0.5) is 0 Å². The van der Waals surface area contributed by atoms with E-state index in [9.17, 15) is 15.0 Å². The zero-order valence-electron chi connectivity index (χ0n) is 16.2. The first-order valence-corrected chi connectivity index (χ1v) is 9.05. The number of rotatable bonds is 5. The highest BCUT2D eigenvalue weighted by atomic mass is 16.5. The normalized spacial score (nSPS) is 19.4. The molecule has 2 aromatic rings. The third-order valence-corrected chi connectivity index (χ3v) is 4.98. The first kappa shape index (κ1) is 20.0. The number of aromatic hydroxyl groups is 1. The number of nitrogens with zero attached hydrogens (tertiary/aromatic N) is 1. The first-order valence-electron chi connectivity index (χ1n) is 9.05. The van der Waals surface area contributed by atoms with Gasteiger partial charge in [0.15, 0.2) is 11.5 Å². The summed E-state index contributed by atoms with van der Waals surface area (Å²) in [6, 6.07) is 9.59. The van der Waals surface area contributed by atoms with Gasteiger partial charge in [-0.1, -0.05) is 6.07 Å². The maximum Gasteiger partial charge on any atom is 0.254 e. The lowest BCUT2D eigenvalue weighted by atomic mass is 9.96. The first-order chi connectivity index (χ1) is 13.5. The van der Waals surface area contributed by atoms with Crippen molar-refractivity contribution in [1.82, 2.24) is 4.90 Å². The van der Waals surface area contributed by atoms with Gasteiger partial charge < -0.3 is 29.3 Å². The predicted octanol–water partition coefficient (Wildman–Crippen LogP) is 2.29. The summed E-state index contributed by atoms with van der Waals surface area (Å²) in [5.74, 6) is 1.05. The molecule has 7 nitrogen and oxygen atoms in total. The van der Waals surface area contributed by atoms with E-state index in [4.69, 9.17) is 14.2 Å². The van der Waals surface area contributed by atoms with Gasteiger partial charge in [0.2, 0.25) is 0 Å². The van der Waals surface area contributed by atoms with Gasteiger partial charge in [-0.3, -0.25) is 4.79 Å². The molecule has 0 aromatic heterocycles. The quantitative estimate of drug-likeness (QED) is 0.818. The van der Waals surface area contributed by atoms with Gasteiger partial charge in [0.1, 0.15) is 11.9 Å². The van der Waals surface area contributed by atoms with E-state index in [2.05, 4.69) is 0 Å². The number of morpholine rings is 1. The number of aliphatic hydroxyl groups is 1. The fraction of sp³-hybridized carbons (Fsp3) is 0.381. The molecule has 0 aliphatic carbocycles. The van der Waals surface area contributed by atoms with Gasteiger partial charge in [-0.25, -0.2) is 0 Å². The van der Waals surface area contributed by atoms with E-state index in [1.807, 2.05) is 6.07 Å². The minimum Gasteiger partial charge on any atom is -0.508 e. The molecule has 0 saturated carbocycles. The highest BCUT2D eigenvalue weighted by Crippen LogP contribution is 2.36. The molecule has 1 saturated heterocycles. The SMILES string of the molecule is COc1ccc([C@@H]2[C@@H](CO)OCCN2C(=O)c2ccc(O)cc2C)cc1OC. The third kappa shape index (κ3) is 3.76. The van der Waals surface area contributed by atoms with Crippen molar-refractivity contribution in [3.05, 3.63) is 53.1 Å². The summed E-state index contributed by atoms with van der Waals surface area (Å²) in [6.07, 6.45) is -0.562. The largest absolute Gasteiger partial charge is 0.508 e. The van der Waals surface area contributed by atoms with Crippen molar-refractivity contribution in [3.63, 3.8) is 0 Å². The summed E-state index contributed by atoms with van der Waals surface area (Å²) in [7, 11) is 3.10. The van der Waals surface area contributed by atoms with Crippen LogP contribution >= 0.6 is 0 Å². The number of methoxy groups -OCH3 is 2. The molecule has 1 heterocycles. The van der Waals surface area contributed by atoms with E-state index < -0.39 is 12.1 Å². The number of amides is 1. The molecular weight excluding hydrogens is 362 g/mol. The molecule has 0 bridgehead atoms. The molecule has 0 radical (unpaired) electrons. The van der Waals surface area contributed by atoms with Crippen molar-refractivity contribution >= 4 is 5.91 Å². The van der Waals surface area contributed by atoms with Crippen LogP contribution in [-0.2, 0) is 4.74 Å². The van der Waals surface area contributed by atoms with Crippen LogP contribution in [0.3, 0.4) is 0 Å². The minimum absolute atomic E-state index is 0.112. The van der Waals surface area contributed by atoms with Crippen LogP contribution in [0.5, 0.6) is 17.2 Å². The van der Waals surface area contributed by atoms with E-state index in [0.717, 1.165) is 5.56 Å². The molecule has 0 spiro atoms. The second-order valence-corrected chi connectivity index (χ2v) is 6.65. The number of carbonyl (C=O) groups is 1. The molecule has 1 aliphatic rings. The molecule has 3 rings (SSSR count). The standard InChI is InChI=1S/C21H25NO6/c1-13-10-15(24)5-6-16(13)21(25)22-8-9-28-19(12-23)20(22)14-4-7-17(26-2)18(11-14)27-3/h4-7,10-11,19-20,23-24H,8-9,12H2,1-3H3/t19-,20-/m1/s1. The van der Waals surface area contributed by atoms with Crippen LogP contribution in [0.2, 0.25) is 0 Å². The average Bonchev–Trinajstić information content (AvgIpc) is 2.72. The van der Waals surface area contributed by atoms with Crippen molar-refractivity contribution in [2.45, 2.75) is 19.1 Å². The monoisotopic (exact) mass is 387 g/mol. The van der Waals surface area contributed by atoms with E-state index in [1.54, 1.807) is 50.3 Å². The fourth-order valence-corrected chi connectivity index (χ4v) is 3.59. The molecule has 28 heavy (non-hydrogen) atoms. The molecule has 7 heteroatoms. The van der Waals surface area contributed by atoms with Gasteiger partial charge in [-0.05, 0) is 48.4 Å². The predicted molar refractivity (Wildman–Crippen MR) is 103 cm³/mol. The third-order valence-electron chi connectivity index (χ3n) is 4.98. The number of aliphatic hydroxyl groups excluding tert-OH is 1. The number of hydrogen-bond acceptors (Lipinski definition) is 6. The summed E-state index contributed by atoms with van der Waals surface area (Å²) in [4.78, 5) is 15.0. The molecule has 0 unspecified atom stereocenters. The van der Waals surface area contributed by atoms with Crippen LogP contribution in [0.25, 0.3) is 0 Å². The Balaban J connectivity index is 2.02. The molecule has 1 amide bonds. The van der Waals surface area contributed by atoms with Crippen molar-refractivity contribution in [2.24, 2.45) is 0 Å². The van der Waals surface area contributed by atoms with Gasteiger partial charge in [-0.2, -0.15) is 0 Å². The van der Waals surface area contributed by atoms with Crippen LogP contribution < -0.4 is 9.47 Å². The fourth-order valence-electron chi connectivity index (χ4n) is 3.59. The second-order valence-electron chi connectivity index (χ2n) is 6.65. The van der Waals surface area contributed by atoms with Crippen molar-refractivity contribution < 1.29 is 29.2 Å². The number of hydrogen-bond donors (Lipinski definition) is 2. The Kier molecular flexibility index (Phi) is 6.06. The van der Waals surface area contributed by atoms with E-state index >= 15 is 0 Å². The highest BCUT2D eigenvalue weighted by molar-refractivity contribution is 5.96. The number of aryl methyl sites for hydroxylation is 1. The van der Waals surface area contributed by atoms with Crippen LogP contribution in [0, 0.1) is 6.92 Å². The van der Waals surface area contributed by atoms with Crippen LogP contribution in [0.15, 0.2) is 36.4 Å². The highest BCUT2D eigenvalue weighted by Gasteiger charge is 2.37. The zero-order valence-corrected chi connectivity index (χ0v) is 16.2. The topological polar surface area (TPSA) is 88.5 Å². The number of carbonyl (C=O) groups excluding carboxylic acids is 1. The van der Waals surface area contributed by atoms with Crippen LogP contribution in [-0.4, -0.2) is 61.1 Å². The lowest BCUT2D eigenvalue weighted by molar-refractivity contribution is -0.0812. The maximum absolute atomic E-state index is 13.3. The molecule has 1 fully saturated rings. The Labute approximate surface area is 164 Å². The lowest BCUT2D eigenvalue weighted by Crippen LogP contribution is -2.49. The smallest absolute Gasteiger partial charge is 0.254 e. The molecule has 2 aromatic carbocycles. The average molecular weight is 387 g/mol. The number of phenols is 1. The second kappa shape index (κ2) is 8.50. The van der Waals surface area contributed by atoms with Gasteiger partial charge in [0.25, 0.3) is 5.91 Å². The Morgan fingerprint density at radius 3 is 2.57 bits per heavy atom. The maximum atomic E-state index is 13.3. The molecule has 1 aliphatic heterocycles. The summed E-state index contributed by atoms with van der Waals surface area (Å²) < 4.78 is 16.4. The van der Waals surface area contributed by atoms with Gasteiger partial charge >= 0.3 is 0 Å². The Morgan fingerprint density at radius 2 is 1.93 bits per heavy atom. The van der Waals surface area contributed by atoms with Gasteiger partial charge in [-0.15, -0.1) is 0 Å². The Hall–Kier alpha value is -2.77. The summed E-state index contributed by atoms with van der Waals surface area (Å²) in [5, 5.41) is 19.5. The molecule has 150 valence electrons. The number of benzene rings is 2. The van der Waals surface area contributed by atoms with Gasteiger partial charge in [0, 0.05) is 12.1 Å². The van der Waals surface area contributed by atoms with E-state index in [1.165, 1.54) is 6.07 Å². The minimum atomic E-state index is -0.562. The molecule has 2 atom stereocenters. The van der Waals surface area contributed by atoms with Gasteiger partial charge in [0.05, 0.1) is 33.5 Å². The van der Waals surface area contributed by atoms with Crippen molar-refractivity contribution in [1.29, 1.82) is 0 Å². The zero-order chi connectivity index (χ0) is 20.3. The molecule has 2 N–H and O–H groups in total. The van der Waals surface area contributed by atoms with Crippen molar-refractivity contribution in [2.75, 3.05) is 34.0 Å². The van der Waals surface area contributed by atoms with Crippen molar-refractivity contribution in [3.8, 4) is 17.2 Å². The molecular formula is C21H25NO6. The number of ether oxygens (including phenoxy) is 3. The summed E-state index contributed by atoms with van der Waals surface area (Å²) in [6.45, 7) is 2.27.